The van der Waals surface area contributed by atoms with Crippen LogP contribution in [0.15, 0.2) is 0 Å². The minimum absolute atomic E-state index is 0.137. The molecule has 3 N–H and O–H groups in total. The molecule has 0 radical (unpaired) electrons. The predicted molar refractivity (Wildman–Crippen MR) is 75.9 cm³/mol. The number of carbonyl (C=O) groups excluding carboxylic acids is 1. The summed E-state index contributed by atoms with van der Waals surface area (Å²) in [5.41, 5.74) is -0.896. The molecule has 1 amide bonds. The van der Waals surface area contributed by atoms with E-state index in [4.69, 9.17) is 0 Å². The number of hydrogen-bond donors (Lipinski definition) is 3. The molecule has 2 aliphatic rings. The fourth-order valence-electron chi connectivity index (χ4n) is 3.56. The Bertz CT molecular complexity index is 305. The highest BCUT2D eigenvalue weighted by Crippen LogP contribution is 2.32. The molecule has 1 saturated heterocycles. The molecule has 1 unspecified atom stereocenters. The van der Waals surface area contributed by atoms with Crippen molar-refractivity contribution in [1.82, 2.24) is 10.6 Å². The number of aliphatic hydroxyl groups is 1. The van der Waals surface area contributed by atoms with Crippen LogP contribution < -0.4 is 10.6 Å². The van der Waals surface area contributed by atoms with Crippen molar-refractivity contribution in [3.8, 4) is 0 Å². The van der Waals surface area contributed by atoms with E-state index >= 15 is 0 Å². The summed E-state index contributed by atoms with van der Waals surface area (Å²) in [6, 6.07) is 0. The van der Waals surface area contributed by atoms with Gasteiger partial charge in [0.25, 0.3) is 0 Å². The largest absolute Gasteiger partial charge is 0.388 e. The van der Waals surface area contributed by atoms with Gasteiger partial charge in [0.2, 0.25) is 5.91 Å². The van der Waals surface area contributed by atoms with Crippen LogP contribution in [0.25, 0.3) is 0 Å². The van der Waals surface area contributed by atoms with Crippen LogP contribution in [0.4, 0.5) is 0 Å². The van der Waals surface area contributed by atoms with Crippen LogP contribution in [0, 0.1) is 5.41 Å². The molecule has 0 bridgehead atoms. The Labute approximate surface area is 116 Å². The van der Waals surface area contributed by atoms with Gasteiger partial charge in [-0.25, -0.2) is 0 Å². The monoisotopic (exact) mass is 268 g/mol. The van der Waals surface area contributed by atoms with Crippen LogP contribution in [0.1, 0.15) is 58.3 Å². The minimum Gasteiger partial charge on any atom is -0.388 e. The lowest BCUT2D eigenvalue weighted by Crippen LogP contribution is -2.49. The molecule has 19 heavy (non-hydrogen) atoms. The van der Waals surface area contributed by atoms with E-state index in [0.29, 0.717) is 6.54 Å². The number of nitrogens with one attached hydrogen (secondary N) is 2. The van der Waals surface area contributed by atoms with Gasteiger partial charge in [0.15, 0.2) is 0 Å². The van der Waals surface area contributed by atoms with Gasteiger partial charge in [0.05, 0.1) is 11.0 Å². The van der Waals surface area contributed by atoms with Crippen molar-refractivity contribution < 1.29 is 9.90 Å². The second-order valence-corrected chi connectivity index (χ2v) is 6.42. The van der Waals surface area contributed by atoms with E-state index in [2.05, 4.69) is 17.6 Å². The average Bonchev–Trinajstić information content (AvgIpc) is 2.87. The molecule has 4 nitrogen and oxygen atoms in total. The van der Waals surface area contributed by atoms with Crippen molar-refractivity contribution in [2.75, 3.05) is 19.6 Å². The van der Waals surface area contributed by atoms with E-state index in [0.717, 1.165) is 58.0 Å². The van der Waals surface area contributed by atoms with Gasteiger partial charge in [-0.15, -0.1) is 0 Å². The summed E-state index contributed by atoms with van der Waals surface area (Å²) in [5, 5.41) is 16.8. The lowest BCUT2D eigenvalue weighted by molar-refractivity contribution is -0.132. The summed E-state index contributed by atoms with van der Waals surface area (Å²) in [5.74, 6) is 0.137. The maximum absolute atomic E-state index is 12.5. The summed E-state index contributed by atoms with van der Waals surface area (Å²) in [4.78, 5) is 12.5. The smallest absolute Gasteiger partial charge is 0.227 e. The zero-order chi connectivity index (χ0) is 13.8. The maximum atomic E-state index is 12.5. The summed E-state index contributed by atoms with van der Waals surface area (Å²) in [6.07, 6.45) is 7.90. The highest BCUT2D eigenvalue weighted by molar-refractivity contribution is 5.83. The fraction of sp³-hybridized carbons (Fsp3) is 0.933. The predicted octanol–water partition coefficient (Wildman–Crippen LogP) is 1.58. The van der Waals surface area contributed by atoms with Crippen LogP contribution in [-0.2, 0) is 4.79 Å². The molecule has 1 heterocycles. The second-order valence-electron chi connectivity index (χ2n) is 6.42. The Morgan fingerprint density at radius 3 is 2.58 bits per heavy atom. The summed E-state index contributed by atoms with van der Waals surface area (Å²) in [7, 11) is 0. The van der Waals surface area contributed by atoms with Crippen LogP contribution in [0.5, 0.6) is 0 Å². The van der Waals surface area contributed by atoms with Gasteiger partial charge in [0.1, 0.15) is 0 Å². The van der Waals surface area contributed by atoms with Crippen molar-refractivity contribution in [2.45, 2.75) is 63.9 Å². The molecule has 4 heteroatoms. The number of rotatable bonds is 5. The zero-order valence-electron chi connectivity index (χ0n) is 12.1. The van der Waals surface area contributed by atoms with E-state index in [1.807, 2.05) is 0 Å². The second kappa shape index (κ2) is 6.23. The first-order valence-electron chi connectivity index (χ1n) is 7.82. The standard InChI is InChI=1S/C15H28N2O2/c1-2-6-14(9-10-16-11-14)13(18)17-12-15(19)7-4-3-5-8-15/h16,19H,2-12H2,1H3,(H,17,18). The summed E-state index contributed by atoms with van der Waals surface area (Å²) < 4.78 is 0. The molecule has 0 spiro atoms. The van der Waals surface area contributed by atoms with E-state index < -0.39 is 5.60 Å². The molecule has 2 rings (SSSR count). The molecule has 1 aliphatic carbocycles. The van der Waals surface area contributed by atoms with Gasteiger partial charge < -0.3 is 15.7 Å². The molecule has 1 aliphatic heterocycles. The first-order valence-corrected chi connectivity index (χ1v) is 7.82. The van der Waals surface area contributed by atoms with Gasteiger partial charge in [-0.3, -0.25) is 4.79 Å². The summed E-state index contributed by atoms with van der Waals surface area (Å²) in [6.45, 7) is 4.27. The van der Waals surface area contributed by atoms with Crippen LogP contribution in [0.2, 0.25) is 0 Å². The molecule has 1 atom stereocenters. The van der Waals surface area contributed by atoms with Gasteiger partial charge >= 0.3 is 0 Å². The maximum Gasteiger partial charge on any atom is 0.227 e. The van der Waals surface area contributed by atoms with Gasteiger partial charge in [-0.2, -0.15) is 0 Å². The molecule has 0 aromatic heterocycles. The molecular weight excluding hydrogens is 240 g/mol. The molecular formula is C15H28N2O2. The summed E-state index contributed by atoms with van der Waals surface area (Å²) >= 11 is 0. The first-order chi connectivity index (χ1) is 9.10. The van der Waals surface area contributed by atoms with Crippen molar-refractivity contribution >= 4 is 5.91 Å². The molecule has 1 saturated carbocycles. The molecule has 110 valence electrons. The van der Waals surface area contributed by atoms with Crippen molar-refractivity contribution in [1.29, 1.82) is 0 Å². The third-order valence-electron chi connectivity index (χ3n) is 4.82. The van der Waals surface area contributed by atoms with E-state index in [1.54, 1.807) is 0 Å². The number of carbonyl (C=O) groups is 1. The lowest BCUT2D eigenvalue weighted by atomic mass is 9.80. The van der Waals surface area contributed by atoms with Gasteiger partial charge in [0, 0.05) is 13.1 Å². The SMILES string of the molecule is CCCC1(C(=O)NCC2(O)CCCCC2)CCNC1. The quantitative estimate of drug-likeness (QED) is 0.709. The Morgan fingerprint density at radius 1 is 1.26 bits per heavy atom. The Kier molecular flexibility index (Phi) is 4.85. The van der Waals surface area contributed by atoms with Crippen LogP contribution in [-0.4, -0.2) is 36.2 Å². The fourth-order valence-corrected chi connectivity index (χ4v) is 3.56. The van der Waals surface area contributed by atoms with Crippen molar-refractivity contribution in [3.63, 3.8) is 0 Å². The van der Waals surface area contributed by atoms with Crippen molar-refractivity contribution in [3.05, 3.63) is 0 Å². The minimum atomic E-state index is -0.659. The third kappa shape index (κ3) is 3.48. The van der Waals surface area contributed by atoms with E-state index in [9.17, 15) is 9.90 Å². The highest BCUT2D eigenvalue weighted by Gasteiger charge is 2.41. The van der Waals surface area contributed by atoms with Gasteiger partial charge in [-0.05, 0) is 32.2 Å². The zero-order valence-corrected chi connectivity index (χ0v) is 12.1. The van der Waals surface area contributed by atoms with E-state index in [1.165, 1.54) is 6.42 Å². The molecule has 2 fully saturated rings. The molecule has 0 aromatic rings. The molecule has 0 aromatic carbocycles. The van der Waals surface area contributed by atoms with Crippen molar-refractivity contribution in [2.24, 2.45) is 5.41 Å². The van der Waals surface area contributed by atoms with Crippen LogP contribution in [0.3, 0.4) is 0 Å². The van der Waals surface area contributed by atoms with Crippen LogP contribution >= 0.6 is 0 Å². The highest BCUT2D eigenvalue weighted by atomic mass is 16.3. The first kappa shape index (κ1) is 14.8. The topological polar surface area (TPSA) is 61.4 Å². The Hall–Kier alpha value is -0.610. The van der Waals surface area contributed by atoms with Gasteiger partial charge in [-0.1, -0.05) is 32.6 Å². The third-order valence-corrected chi connectivity index (χ3v) is 4.82. The lowest BCUT2D eigenvalue weighted by Gasteiger charge is -2.34. The average molecular weight is 268 g/mol. The van der Waals surface area contributed by atoms with E-state index in [-0.39, 0.29) is 11.3 Å². The number of amides is 1. The Balaban J connectivity index is 1.88. The number of hydrogen-bond acceptors (Lipinski definition) is 3. The normalized spacial score (nSPS) is 30.2. The Morgan fingerprint density at radius 2 is 2.00 bits per heavy atom.